The maximum atomic E-state index is 12.9. The third-order valence-electron chi connectivity index (χ3n) is 2.45. The Balaban J connectivity index is 2.34. The zero-order valence-corrected chi connectivity index (χ0v) is 10.3. The Bertz CT molecular complexity index is 368. The second-order valence-electron chi connectivity index (χ2n) is 4.27. The van der Waals surface area contributed by atoms with Crippen molar-refractivity contribution in [1.29, 1.82) is 0 Å². The molecule has 2 N–H and O–H groups in total. The van der Waals surface area contributed by atoms with Gasteiger partial charge in [0, 0.05) is 6.54 Å². The number of nitrogens with one attached hydrogen (secondary N) is 2. The van der Waals surface area contributed by atoms with E-state index in [-0.39, 0.29) is 18.1 Å². The van der Waals surface area contributed by atoms with Crippen LogP contribution in [0.1, 0.15) is 12.5 Å². The molecule has 1 unspecified atom stereocenters. The zero-order valence-electron chi connectivity index (χ0n) is 10.3. The van der Waals surface area contributed by atoms with Crippen LogP contribution in [0.3, 0.4) is 0 Å². The Morgan fingerprint density at radius 2 is 2.18 bits per heavy atom. The number of hydrogen-bond acceptors (Lipinski definition) is 2. The van der Waals surface area contributed by atoms with Gasteiger partial charge in [0.15, 0.2) is 0 Å². The molecule has 17 heavy (non-hydrogen) atoms. The summed E-state index contributed by atoms with van der Waals surface area (Å²) in [6, 6.07) is 6.12. The van der Waals surface area contributed by atoms with E-state index in [2.05, 4.69) is 17.6 Å². The lowest BCUT2D eigenvalue weighted by molar-refractivity contribution is -0.120. The van der Waals surface area contributed by atoms with Gasteiger partial charge in [0.05, 0.1) is 6.42 Å². The maximum Gasteiger partial charge on any atom is 0.224 e. The second kappa shape index (κ2) is 7.01. The third-order valence-corrected chi connectivity index (χ3v) is 2.45. The molecule has 94 valence electrons. The van der Waals surface area contributed by atoms with E-state index in [1.54, 1.807) is 12.1 Å². The molecule has 0 aliphatic heterocycles. The molecule has 1 aromatic carbocycles. The van der Waals surface area contributed by atoms with Gasteiger partial charge < -0.3 is 10.6 Å². The van der Waals surface area contributed by atoms with Gasteiger partial charge in [-0.2, -0.15) is 0 Å². The van der Waals surface area contributed by atoms with Crippen molar-refractivity contribution in [2.45, 2.75) is 13.3 Å². The van der Waals surface area contributed by atoms with Gasteiger partial charge in [0.2, 0.25) is 5.91 Å². The quantitative estimate of drug-likeness (QED) is 0.785. The maximum absolute atomic E-state index is 12.9. The molecule has 1 rings (SSSR count). The first-order valence-corrected chi connectivity index (χ1v) is 5.77. The van der Waals surface area contributed by atoms with E-state index in [0.29, 0.717) is 18.0 Å². The van der Waals surface area contributed by atoms with Crippen molar-refractivity contribution in [3.63, 3.8) is 0 Å². The number of rotatable bonds is 6. The first-order chi connectivity index (χ1) is 8.11. The first-order valence-electron chi connectivity index (χ1n) is 5.77. The SMILES string of the molecule is CNCC(C)CNC(=O)Cc1cccc(F)c1. The van der Waals surface area contributed by atoms with E-state index in [0.717, 1.165) is 6.54 Å². The van der Waals surface area contributed by atoms with Crippen LogP contribution in [-0.2, 0) is 11.2 Å². The van der Waals surface area contributed by atoms with Crippen LogP contribution in [0.2, 0.25) is 0 Å². The molecule has 3 nitrogen and oxygen atoms in total. The summed E-state index contributed by atoms with van der Waals surface area (Å²) in [7, 11) is 1.88. The van der Waals surface area contributed by atoms with Crippen molar-refractivity contribution in [3.8, 4) is 0 Å². The number of halogens is 1. The van der Waals surface area contributed by atoms with E-state index < -0.39 is 0 Å². The Morgan fingerprint density at radius 1 is 1.41 bits per heavy atom. The minimum atomic E-state index is -0.307. The van der Waals surface area contributed by atoms with Gasteiger partial charge in [-0.15, -0.1) is 0 Å². The fourth-order valence-electron chi connectivity index (χ4n) is 1.60. The molecule has 0 aromatic heterocycles. The van der Waals surface area contributed by atoms with Crippen LogP contribution in [-0.4, -0.2) is 26.0 Å². The predicted molar refractivity (Wildman–Crippen MR) is 66.2 cm³/mol. The average molecular weight is 238 g/mol. The summed E-state index contributed by atoms with van der Waals surface area (Å²) in [5.41, 5.74) is 0.698. The first kappa shape index (κ1) is 13.6. The summed E-state index contributed by atoms with van der Waals surface area (Å²) in [5.74, 6) is 0.00821. The third kappa shape index (κ3) is 5.45. The number of hydrogen-bond donors (Lipinski definition) is 2. The predicted octanol–water partition coefficient (Wildman–Crippen LogP) is 1.34. The molecule has 1 aromatic rings. The van der Waals surface area contributed by atoms with E-state index >= 15 is 0 Å². The minimum Gasteiger partial charge on any atom is -0.355 e. The largest absolute Gasteiger partial charge is 0.355 e. The molecule has 0 bridgehead atoms. The second-order valence-corrected chi connectivity index (χ2v) is 4.27. The van der Waals surface area contributed by atoms with Crippen molar-refractivity contribution in [2.24, 2.45) is 5.92 Å². The van der Waals surface area contributed by atoms with Gasteiger partial charge in [-0.05, 0) is 37.2 Å². The van der Waals surface area contributed by atoms with Crippen LogP contribution in [0.5, 0.6) is 0 Å². The molecular formula is C13H19FN2O. The van der Waals surface area contributed by atoms with Crippen molar-refractivity contribution < 1.29 is 9.18 Å². The van der Waals surface area contributed by atoms with Gasteiger partial charge >= 0.3 is 0 Å². The normalized spacial score (nSPS) is 12.2. The molecule has 0 saturated carbocycles. The van der Waals surface area contributed by atoms with Gasteiger partial charge in [-0.25, -0.2) is 4.39 Å². The van der Waals surface area contributed by atoms with Crippen LogP contribution in [0, 0.1) is 11.7 Å². The highest BCUT2D eigenvalue weighted by molar-refractivity contribution is 5.78. The molecule has 0 aliphatic rings. The fourth-order valence-corrected chi connectivity index (χ4v) is 1.60. The highest BCUT2D eigenvalue weighted by Crippen LogP contribution is 2.04. The lowest BCUT2D eigenvalue weighted by Gasteiger charge is -2.11. The van der Waals surface area contributed by atoms with E-state index in [9.17, 15) is 9.18 Å². The molecule has 4 heteroatoms. The minimum absolute atomic E-state index is 0.0708. The molecule has 0 fully saturated rings. The molecule has 0 spiro atoms. The van der Waals surface area contributed by atoms with Crippen molar-refractivity contribution in [2.75, 3.05) is 20.1 Å². The number of amides is 1. The summed E-state index contributed by atoms with van der Waals surface area (Å²) in [6.45, 7) is 3.55. The van der Waals surface area contributed by atoms with Crippen LogP contribution in [0.15, 0.2) is 24.3 Å². The summed E-state index contributed by atoms with van der Waals surface area (Å²) in [5, 5.41) is 5.88. The van der Waals surface area contributed by atoms with E-state index in [4.69, 9.17) is 0 Å². The monoisotopic (exact) mass is 238 g/mol. The van der Waals surface area contributed by atoms with Crippen LogP contribution in [0.25, 0.3) is 0 Å². The Labute approximate surface area is 101 Å². The Morgan fingerprint density at radius 3 is 2.82 bits per heavy atom. The fraction of sp³-hybridized carbons (Fsp3) is 0.462. The van der Waals surface area contributed by atoms with E-state index in [1.807, 2.05) is 7.05 Å². The highest BCUT2D eigenvalue weighted by Gasteiger charge is 2.06. The van der Waals surface area contributed by atoms with Gasteiger partial charge in [0.25, 0.3) is 0 Å². The molecule has 0 aliphatic carbocycles. The number of carbonyl (C=O) groups is 1. The molecular weight excluding hydrogens is 219 g/mol. The van der Waals surface area contributed by atoms with Crippen molar-refractivity contribution in [1.82, 2.24) is 10.6 Å². The lowest BCUT2D eigenvalue weighted by Crippen LogP contribution is -2.33. The molecule has 1 atom stereocenters. The summed E-state index contributed by atoms with van der Waals surface area (Å²) >= 11 is 0. The standard InChI is InChI=1S/C13H19FN2O/c1-10(8-15-2)9-16-13(17)7-11-4-3-5-12(14)6-11/h3-6,10,15H,7-9H2,1-2H3,(H,16,17). The van der Waals surface area contributed by atoms with Gasteiger partial charge in [-0.1, -0.05) is 19.1 Å². The summed E-state index contributed by atoms with van der Waals surface area (Å²) in [4.78, 5) is 11.6. The molecule has 0 radical (unpaired) electrons. The lowest BCUT2D eigenvalue weighted by atomic mass is 10.1. The Kier molecular flexibility index (Phi) is 5.63. The Hall–Kier alpha value is -1.42. The average Bonchev–Trinajstić information content (AvgIpc) is 2.27. The summed E-state index contributed by atoms with van der Waals surface area (Å²) in [6.07, 6.45) is 0.226. The molecule has 0 saturated heterocycles. The van der Waals surface area contributed by atoms with Crippen molar-refractivity contribution in [3.05, 3.63) is 35.6 Å². The molecule has 0 heterocycles. The van der Waals surface area contributed by atoms with Crippen molar-refractivity contribution >= 4 is 5.91 Å². The van der Waals surface area contributed by atoms with Gasteiger partial charge in [0.1, 0.15) is 5.82 Å². The van der Waals surface area contributed by atoms with E-state index in [1.165, 1.54) is 12.1 Å². The number of benzene rings is 1. The van der Waals surface area contributed by atoms with Gasteiger partial charge in [-0.3, -0.25) is 4.79 Å². The highest BCUT2D eigenvalue weighted by atomic mass is 19.1. The zero-order chi connectivity index (χ0) is 12.7. The number of carbonyl (C=O) groups excluding carboxylic acids is 1. The molecule has 1 amide bonds. The van der Waals surface area contributed by atoms with Crippen LogP contribution >= 0.6 is 0 Å². The van der Waals surface area contributed by atoms with Crippen LogP contribution in [0.4, 0.5) is 4.39 Å². The summed E-state index contributed by atoms with van der Waals surface area (Å²) < 4.78 is 12.9. The smallest absolute Gasteiger partial charge is 0.224 e. The van der Waals surface area contributed by atoms with Crippen LogP contribution < -0.4 is 10.6 Å². The topological polar surface area (TPSA) is 41.1 Å².